The zero-order valence-electron chi connectivity index (χ0n) is 9.69. The summed E-state index contributed by atoms with van der Waals surface area (Å²) in [4.78, 5) is 12.9. The van der Waals surface area contributed by atoms with Crippen LogP contribution < -0.4 is 5.73 Å². The van der Waals surface area contributed by atoms with E-state index in [1.54, 1.807) is 0 Å². The highest BCUT2D eigenvalue weighted by molar-refractivity contribution is 5.58. The summed E-state index contributed by atoms with van der Waals surface area (Å²) in [5.74, 6) is 0.450. The molecule has 1 fully saturated rings. The average Bonchev–Trinajstić information content (AvgIpc) is 2.59. The predicted octanol–water partition coefficient (Wildman–Crippen LogP) is 0.607. The first kappa shape index (κ1) is 12.6. The molecule has 0 aromatic rings. The molecule has 0 aromatic carbocycles. The Kier molecular flexibility index (Phi) is 5.22. The summed E-state index contributed by atoms with van der Waals surface area (Å²) in [5, 5.41) is 0. The maximum absolute atomic E-state index is 10.9. The van der Waals surface area contributed by atoms with Gasteiger partial charge in [-0.15, -0.1) is 0 Å². The maximum Gasteiger partial charge on any atom is 0.137 e. The third-order valence-electron chi connectivity index (χ3n) is 3.13. The van der Waals surface area contributed by atoms with E-state index in [0.29, 0.717) is 19.3 Å². The van der Waals surface area contributed by atoms with E-state index in [0.717, 1.165) is 25.7 Å². The minimum Gasteiger partial charge on any atom is -0.364 e. The van der Waals surface area contributed by atoms with Gasteiger partial charge in [0.05, 0.1) is 19.4 Å². The summed E-state index contributed by atoms with van der Waals surface area (Å²) in [6, 6.07) is 0.141. The van der Waals surface area contributed by atoms with Crippen LogP contribution in [0.5, 0.6) is 0 Å². The third-order valence-corrected chi connectivity index (χ3v) is 3.13. The van der Waals surface area contributed by atoms with Gasteiger partial charge < -0.3 is 15.3 Å². The van der Waals surface area contributed by atoms with Crippen molar-refractivity contribution in [3.8, 4) is 0 Å². The van der Waals surface area contributed by atoms with Crippen molar-refractivity contribution in [1.29, 1.82) is 0 Å². The molecule has 2 N–H and O–H groups in total. The summed E-state index contributed by atoms with van der Waals surface area (Å²) in [7, 11) is 0. The Hall–Kier alpha value is -0.450. The topological polar surface area (TPSA) is 55.6 Å². The summed E-state index contributed by atoms with van der Waals surface area (Å²) < 4.78 is 5.49. The molecule has 88 valence electrons. The average molecular weight is 214 g/mol. The lowest BCUT2D eigenvalue weighted by Gasteiger charge is -2.22. The Labute approximate surface area is 91.8 Å². The molecule has 4 nitrogen and oxygen atoms in total. The minimum atomic E-state index is 0.0304. The van der Waals surface area contributed by atoms with Crippen LogP contribution >= 0.6 is 0 Å². The number of nitrogens with two attached hydrogens (primary N) is 1. The fourth-order valence-corrected chi connectivity index (χ4v) is 1.86. The van der Waals surface area contributed by atoms with Crippen molar-refractivity contribution in [2.24, 2.45) is 11.7 Å². The number of rotatable bonds is 6. The van der Waals surface area contributed by atoms with Crippen molar-refractivity contribution < 1.29 is 9.53 Å². The van der Waals surface area contributed by atoms with Gasteiger partial charge >= 0.3 is 0 Å². The molecule has 0 bridgehead atoms. The molecule has 0 saturated carbocycles. The van der Waals surface area contributed by atoms with Gasteiger partial charge in [0.1, 0.15) is 6.29 Å². The first-order chi connectivity index (χ1) is 7.19. The molecule has 1 rings (SSSR count). The van der Waals surface area contributed by atoms with Crippen molar-refractivity contribution in [1.82, 2.24) is 4.90 Å². The van der Waals surface area contributed by atoms with Crippen LogP contribution in [-0.2, 0) is 9.53 Å². The fraction of sp³-hybridized carbons (Fsp3) is 0.909. The minimum absolute atomic E-state index is 0.0304. The molecule has 0 radical (unpaired) electrons. The van der Waals surface area contributed by atoms with Gasteiger partial charge in [0.25, 0.3) is 0 Å². The zero-order chi connectivity index (χ0) is 11.3. The summed E-state index contributed by atoms with van der Waals surface area (Å²) in [5.41, 5.74) is 5.74. The van der Waals surface area contributed by atoms with E-state index in [1.807, 2.05) is 6.92 Å². The molecule has 1 aliphatic heterocycles. The second kappa shape index (κ2) is 6.20. The van der Waals surface area contributed by atoms with E-state index in [1.165, 1.54) is 0 Å². The Bertz CT molecular complexity index is 199. The van der Waals surface area contributed by atoms with Gasteiger partial charge in [-0.25, -0.2) is 0 Å². The van der Waals surface area contributed by atoms with Crippen molar-refractivity contribution >= 4 is 6.29 Å². The highest BCUT2D eigenvalue weighted by Crippen LogP contribution is 2.21. The van der Waals surface area contributed by atoms with Crippen molar-refractivity contribution in [2.75, 3.05) is 19.9 Å². The molecule has 15 heavy (non-hydrogen) atoms. The Morgan fingerprint density at radius 1 is 1.67 bits per heavy atom. The molecular weight excluding hydrogens is 192 g/mol. The van der Waals surface area contributed by atoms with E-state index in [4.69, 9.17) is 10.5 Å². The van der Waals surface area contributed by atoms with Crippen LogP contribution in [-0.4, -0.2) is 43.2 Å². The van der Waals surface area contributed by atoms with Crippen molar-refractivity contribution in [2.45, 2.75) is 38.8 Å². The van der Waals surface area contributed by atoms with E-state index in [9.17, 15) is 4.79 Å². The van der Waals surface area contributed by atoms with E-state index < -0.39 is 0 Å². The van der Waals surface area contributed by atoms with E-state index in [-0.39, 0.29) is 12.1 Å². The SMILES string of the molecule is CC[C@H](N)COCN1CC[C@@H](C)[C@H]1C=O. The Balaban J connectivity index is 2.23. The zero-order valence-corrected chi connectivity index (χ0v) is 9.69. The van der Waals surface area contributed by atoms with Crippen molar-refractivity contribution in [3.05, 3.63) is 0 Å². The molecule has 0 amide bonds. The standard InChI is InChI=1S/C11H22N2O2/c1-3-10(12)7-15-8-13-5-4-9(2)11(13)6-14/h6,9-11H,3-5,7-8,12H2,1-2H3/t9-,10+,11-/m1/s1. The van der Waals surface area contributed by atoms with Crippen LogP contribution in [0.15, 0.2) is 0 Å². The molecule has 0 aromatic heterocycles. The summed E-state index contributed by atoms with van der Waals surface area (Å²) in [6.45, 7) is 6.21. The van der Waals surface area contributed by atoms with Gasteiger partial charge in [-0.2, -0.15) is 0 Å². The quantitative estimate of drug-likeness (QED) is 0.658. The van der Waals surface area contributed by atoms with Crippen LogP contribution in [0.25, 0.3) is 0 Å². The third kappa shape index (κ3) is 3.55. The lowest BCUT2D eigenvalue weighted by Crippen LogP contribution is -2.37. The lowest BCUT2D eigenvalue weighted by molar-refractivity contribution is -0.114. The number of aldehydes is 1. The highest BCUT2D eigenvalue weighted by Gasteiger charge is 2.30. The Morgan fingerprint density at radius 3 is 3.00 bits per heavy atom. The maximum atomic E-state index is 10.9. The molecule has 1 heterocycles. The number of nitrogens with zero attached hydrogens (tertiary/aromatic N) is 1. The molecule has 1 saturated heterocycles. The monoisotopic (exact) mass is 214 g/mol. The molecule has 3 atom stereocenters. The van der Waals surface area contributed by atoms with Crippen molar-refractivity contribution in [3.63, 3.8) is 0 Å². The van der Waals surface area contributed by atoms with Gasteiger partial charge in [-0.05, 0) is 18.8 Å². The first-order valence-corrected chi connectivity index (χ1v) is 5.71. The Morgan fingerprint density at radius 2 is 2.40 bits per heavy atom. The van der Waals surface area contributed by atoms with Gasteiger partial charge in [0, 0.05) is 12.6 Å². The number of hydrogen-bond acceptors (Lipinski definition) is 4. The lowest BCUT2D eigenvalue weighted by atomic mass is 10.1. The number of carbonyl (C=O) groups is 1. The predicted molar refractivity (Wildman–Crippen MR) is 59.4 cm³/mol. The number of hydrogen-bond donors (Lipinski definition) is 1. The molecule has 1 aliphatic rings. The highest BCUT2D eigenvalue weighted by atomic mass is 16.5. The molecule has 0 aliphatic carbocycles. The van der Waals surface area contributed by atoms with Gasteiger partial charge in [-0.3, -0.25) is 4.90 Å². The normalized spacial score (nSPS) is 29.3. The second-order valence-electron chi connectivity index (χ2n) is 4.37. The van der Waals surface area contributed by atoms with E-state index in [2.05, 4.69) is 11.8 Å². The first-order valence-electron chi connectivity index (χ1n) is 5.71. The van der Waals surface area contributed by atoms with Crippen LogP contribution in [0.3, 0.4) is 0 Å². The molecule has 0 spiro atoms. The number of ether oxygens (including phenoxy) is 1. The molecular formula is C11H22N2O2. The van der Waals surface area contributed by atoms with E-state index >= 15 is 0 Å². The van der Waals surface area contributed by atoms with Crippen LogP contribution in [0.1, 0.15) is 26.7 Å². The summed E-state index contributed by atoms with van der Waals surface area (Å²) in [6.07, 6.45) is 3.03. The smallest absolute Gasteiger partial charge is 0.137 e. The summed E-state index contributed by atoms with van der Waals surface area (Å²) >= 11 is 0. The largest absolute Gasteiger partial charge is 0.364 e. The van der Waals surface area contributed by atoms with Gasteiger partial charge in [0.15, 0.2) is 0 Å². The second-order valence-corrected chi connectivity index (χ2v) is 4.37. The fourth-order valence-electron chi connectivity index (χ4n) is 1.86. The number of carbonyl (C=O) groups excluding carboxylic acids is 1. The van der Waals surface area contributed by atoms with Crippen LogP contribution in [0.2, 0.25) is 0 Å². The van der Waals surface area contributed by atoms with Gasteiger partial charge in [-0.1, -0.05) is 13.8 Å². The molecule has 0 unspecified atom stereocenters. The number of likely N-dealkylation sites (tertiary alicyclic amines) is 1. The van der Waals surface area contributed by atoms with Gasteiger partial charge in [0.2, 0.25) is 0 Å². The van der Waals surface area contributed by atoms with Crippen LogP contribution in [0, 0.1) is 5.92 Å². The molecule has 4 heteroatoms. The van der Waals surface area contributed by atoms with Crippen LogP contribution in [0.4, 0.5) is 0 Å².